The van der Waals surface area contributed by atoms with Crippen LogP contribution < -0.4 is 19.7 Å². The van der Waals surface area contributed by atoms with Gasteiger partial charge in [0.1, 0.15) is 35.1 Å². The fourth-order valence-corrected chi connectivity index (χ4v) is 9.50. The molecule has 2 fully saturated rings. The van der Waals surface area contributed by atoms with Crippen LogP contribution in [0.15, 0.2) is 73.3 Å². The number of hydrogen-bond donors (Lipinski definition) is 1. The van der Waals surface area contributed by atoms with Gasteiger partial charge in [0.25, 0.3) is 0 Å². The van der Waals surface area contributed by atoms with Crippen LogP contribution in [0.2, 0.25) is 18.1 Å². The minimum absolute atomic E-state index is 0.112. The van der Waals surface area contributed by atoms with Gasteiger partial charge in [-0.25, -0.2) is 15.0 Å². The number of methoxy groups -OCH3 is 2. The Hall–Kier alpha value is -4.94. The molecule has 2 aromatic carbocycles. The molecule has 1 aliphatic heterocycles. The number of aryl methyl sites for hydroxylation is 2. The van der Waals surface area contributed by atoms with Crippen LogP contribution in [0.3, 0.4) is 0 Å². The van der Waals surface area contributed by atoms with Gasteiger partial charge in [0.15, 0.2) is 8.32 Å². The number of anilines is 2. The fourth-order valence-electron chi connectivity index (χ4n) is 8.10. The highest BCUT2D eigenvalue weighted by Crippen LogP contribution is 2.47. The summed E-state index contributed by atoms with van der Waals surface area (Å²) < 4.78 is 22.7. The van der Waals surface area contributed by atoms with E-state index in [0.717, 1.165) is 95.3 Å². The van der Waals surface area contributed by atoms with E-state index < -0.39 is 8.32 Å². The molecule has 0 bridgehead atoms. The summed E-state index contributed by atoms with van der Waals surface area (Å²) in [4.78, 5) is 17.2. The monoisotopic (exact) mass is 772 g/mol. The van der Waals surface area contributed by atoms with Gasteiger partial charge in [-0.2, -0.15) is 5.10 Å². The first-order chi connectivity index (χ1) is 26.9. The Labute approximate surface area is 331 Å². The second-order valence-electron chi connectivity index (χ2n) is 17.2. The van der Waals surface area contributed by atoms with Crippen LogP contribution in [0.1, 0.15) is 63.6 Å². The van der Waals surface area contributed by atoms with Gasteiger partial charge in [-0.1, -0.05) is 32.9 Å². The van der Waals surface area contributed by atoms with Gasteiger partial charge in [0, 0.05) is 73.8 Å². The molecular formula is C44H56N8O3Si. The summed E-state index contributed by atoms with van der Waals surface area (Å²) in [6.07, 6.45) is 11.3. The van der Waals surface area contributed by atoms with Crippen LogP contribution in [-0.2, 0) is 24.4 Å². The summed E-state index contributed by atoms with van der Waals surface area (Å²) >= 11 is 0. The zero-order valence-corrected chi connectivity index (χ0v) is 35.2. The average Bonchev–Trinajstić information content (AvgIpc) is 3.88. The zero-order chi connectivity index (χ0) is 39.2. The van der Waals surface area contributed by atoms with Gasteiger partial charge in [0.2, 0.25) is 0 Å². The molecule has 0 radical (unpaired) electrons. The summed E-state index contributed by atoms with van der Waals surface area (Å²) in [7, 11) is 3.24. The number of hydrogen-bond acceptors (Lipinski definition) is 9. The third-order valence-corrected chi connectivity index (χ3v) is 17.0. The lowest BCUT2D eigenvalue weighted by atomic mass is 9.96. The molecule has 5 heterocycles. The molecule has 1 unspecified atom stereocenters. The summed E-state index contributed by atoms with van der Waals surface area (Å²) in [5, 5.41) is 10.7. The summed E-state index contributed by atoms with van der Waals surface area (Å²) in [5.74, 6) is 3.75. The van der Waals surface area contributed by atoms with Crippen molar-refractivity contribution in [1.29, 1.82) is 0 Å². The molecule has 3 atom stereocenters. The van der Waals surface area contributed by atoms with Crippen molar-refractivity contribution in [2.24, 2.45) is 13.0 Å². The maximum absolute atomic E-state index is 7.33. The smallest absolute Gasteiger partial charge is 0.192 e. The molecule has 11 nitrogen and oxygen atoms in total. The van der Waals surface area contributed by atoms with Gasteiger partial charge < -0.3 is 28.7 Å². The Morgan fingerprint density at radius 1 is 0.946 bits per heavy atom. The largest absolute Gasteiger partial charge is 0.497 e. The number of rotatable bonds is 13. The minimum Gasteiger partial charge on any atom is -0.497 e. The molecule has 0 spiro atoms. The van der Waals surface area contributed by atoms with Crippen LogP contribution in [0.4, 0.5) is 11.6 Å². The standard InChI is InChI=1S/C44H56N8O3Si/c1-44(2,3)56(7,8)55-39-24-33(23-31(39)13-11-29-10-12-30-15-17-40(48-37(30)22-29)51-19-9-20-51)52-27-35(36-18-21-50(4)49-36)41-42(46-28-47-43(41)52)45-26-32-14-16-34(53-5)25-38(32)54-6/h10,12,14-18,21-22,25,27-28,31,33,39H,9,11,13,19-20,23-24,26H2,1-8H3,(H,45,46,47)/t31-,33+,39?/m0/s1. The Morgan fingerprint density at radius 2 is 1.77 bits per heavy atom. The third-order valence-electron chi connectivity index (χ3n) is 12.5. The zero-order valence-electron chi connectivity index (χ0n) is 34.2. The summed E-state index contributed by atoms with van der Waals surface area (Å²) in [6.45, 7) is 14.5. The topological polar surface area (TPSA) is 104 Å². The van der Waals surface area contributed by atoms with Crippen molar-refractivity contribution in [2.45, 2.75) is 89.7 Å². The van der Waals surface area contributed by atoms with Crippen LogP contribution in [-0.4, -0.2) is 71.0 Å². The summed E-state index contributed by atoms with van der Waals surface area (Å²) in [5.41, 5.74) is 6.22. The highest BCUT2D eigenvalue weighted by Gasteiger charge is 2.44. The molecule has 294 valence electrons. The van der Waals surface area contributed by atoms with Gasteiger partial charge >= 0.3 is 0 Å². The SMILES string of the molecule is COc1ccc(CNc2ncnc3c2c(-c2ccn(C)n2)cn3[C@H]2CC(O[Si](C)(C)C(C)(C)C)[C@@H](CCc3ccc4ccc(N5CCC5)nc4c3)C2)c(OC)c1. The fraction of sp³-hybridized carbons (Fsp3) is 0.455. The maximum Gasteiger partial charge on any atom is 0.192 e. The first-order valence-corrected chi connectivity index (χ1v) is 22.9. The number of nitrogens with one attached hydrogen (secondary N) is 1. The van der Waals surface area contributed by atoms with Gasteiger partial charge in [-0.3, -0.25) is 4.68 Å². The Balaban J connectivity index is 1.11. The van der Waals surface area contributed by atoms with E-state index in [1.54, 1.807) is 20.5 Å². The van der Waals surface area contributed by atoms with Crippen LogP contribution in [0.25, 0.3) is 33.2 Å². The molecule has 2 aliphatic rings. The Kier molecular flexibility index (Phi) is 10.3. The van der Waals surface area contributed by atoms with E-state index in [0.29, 0.717) is 12.5 Å². The van der Waals surface area contributed by atoms with E-state index in [-0.39, 0.29) is 17.2 Å². The lowest BCUT2D eigenvalue weighted by molar-refractivity contribution is 0.135. The minimum atomic E-state index is -2.06. The predicted octanol–water partition coefficient (Wildman–Crippen LogP) is 9.19. The van der Waals surface area contributed by atoms with Crippen LogP contribution in [0.5, 0.6) is 11.5 Å². The number of fused-ring (bicyclic) bond motifs is 2. The molecule has 1 saturated heterocycles. The molecule has 0 amide bonds. The van der Waals surface area contributed by atoms with E-state index in [4.69, 9.17) is 34.0 Å². The van der Waals surface area contributed by atoms with Gasteiger partial charge in [-0.05, 0) is 98.1 Å². The number of pyridine rings is 1. The van der Waals surface area contributed by atoms with E-state index in [1.165, 1.54) is 17.4 Å². The highest BCUT2D eigenvalue weighted by atomic mass is 28.4. The molecule has 12 heteroatoms. The van der Waals surface area contributed by atoms with Crippen LogP contribution in [0, 0.1) is 5.92 Å². The predicted molar refractivity (Wildman–Crippen MR) is 227 cm³/mol. The van der Waals surface area contributed by atoms with E-state index >= 15 is 0 Å². The van der Waals surface area contributed by atoms with Crippen LogP contribution >= 0.6 is 0 Å². The lowest BCUT2D eigenvalue weighted by Crippen LogP contribution is -2.44. The van der Waals surface area contributed by atoms with E-state index in [1.807, 2.05) is 36.1 Å². The normalized spacial score (nSPS) is 18.8. The third kappa shape index (κ3) is 7.48. The second kappa shape index (κ2) is 15.2. The number of ether oxygens (including phenoxy) is 2. The molecule has 8 rings (SSSR count). The Morgan fingerprint density at radius 3 is 2.48 bits per heavy atom. The van der Waals surface area contributed by atoms with Crippen molar-refractivity contribution >= 4 is 41.9 Å². The van der Waals surface area contributed by atoms with E-state index in [9.17, 15) is 0 Å². The second-order valence-corrected chi connectivity index (χ2v) is 21.9. The van der Waals surface area contributed by atoms with Crippen molar-refractivity contribution < 1.29 is 13.9 Å². The molecule has 1 aliphatic carbocycles. The van der Waals surface area contributed by atoms with Gasteiger partial charge in [0.05, 0.1) is 30.8 Å². The average molecular weight is 773 g/mol. The van der Waals surface area contributed by atoms with Crippen molar-refractivity contribution in [2.75, 3.05) is 37.5 Å². The Bertz CT molecular complexity index is 2340. The number of benzene rings is 2. The molecule has 56 heavy (non-hydrogen) atoms. The van der Waals surface area contributed by atoms with Crippen molar-refractivity contribution in [1.82, 2.24) is 29.3 Å². The van der Waals surface area contributed by atoms with Crippen molar-refractivity contribution in [3.63, 3.8) is 0 Å². The van der Waals surface area contributed by atoms with Gasteiger partial charge in [-0.15, -0.1) is 0 Å². The highest BCUT2D eigenvalue weighted by molar-refractivity contribution is 6.74. The quantitative estimate of drug-likeness (QED) is 0.115. The number of aromatic nitrogens is 6. The lowest BCUT2D eigenvalue weighted by Gasteiger charge is -2.40. The molecular weight excluding hydrogens is 717 g/mol. The molecule has 1 N–H and O–H groups in total. The summed E-state index contributed by atoms with van der Waals surface area (Å²) in [6, 6.07) is 19.3. The van der Waals surface area contributed by atoms with E-state index in [2.05, 4.69) is 91.2 Å². The molecule has 1 saturated carbocycles. The molecule has 6 aromatic rings. The number of nitrogens with zero attached hydrogens (tertiary/aromatic N) is 7. The first kappa shape index (κ1) is 38.0. The maximum atomic E-state index is 7.33. The molecule has 4 aromatic heterocycles. The first-order valence-electron chi connectivity index (χ1n) is 20.0. The van der Waals surface area contributed by atoms with Crippen molar-refractivity contribution in [3.05, 3.63) is 84.4 Å². The van der Waals surface area contributed by atoms with Crippen molar-refractivity contribution in [3.8, 4) is 22.8 Å².